The molecule has 0 rings (SSSR count). The normalized spacial score (nSPS) is 14.5. The van der Waals surface area contributed by atoms with E-state index in [1.165, 1.54) is 83.5 Å². The molecule has 116 valence electrons. The van der Waals surface area contributed by atoms with Crippen molar-refractivity contribution in [1.29, 1.82) is 0 Å². The van der Waals surface area contributed by atoms with E-state index in [-0.39, 0.29) is 0 Å². The Hall–Kier alpha value is 0. The van der Waals surface area contributed by atoms with Crippen LogP contribution >= 0.6 is 0 Å². The van der Waals surface area contributed by atoms with E-state index in [2.05, 4.69) is 27.7 Å². The first-order valence-corrected chi connectivity index (χ1v) is 9.20. The largest absolute Gasteiger partial charge is 0.0651 e. The molecule has 0 heterocycles. The third kappa shape index (κ3) is 14.2. The molecule has 0 amide bonds. The SMILES string of the molecule is CCC(C)CCCCCCCCCCCC(C)CC. The van der Waals surface area contributed by atoms with Crippen LogP contribution in [0.2, 0.25) is 0 Å². The molecule has 2 atom stereocenters. The zero-order valence-electron chi connectivity index (χ0n) is 14.3. The summed E-state index contributed by atoms with van der Waals surface area (Å²) in [7, 11) is 0. The number of hydrogen-bond donors (Lipinski definition) is 0. The third-order valence-corrected chi connectivity index (χ3v) is 4.79. The van der Waals surface area contributed by atoms with Crippen LogP contribution in [0.15, 0.2) is 0 Å². The van der Waals surface area contributed by atoms with Crippen LogP contribution in [0.25, 0.3) is 0 Å². The molecule has 0 aliphatic heterocycles. The van der Waals surface area contributed by atoms with E-state index in [9.17, 15) is 0 Å². The van der Waals surface area contributed by atoms with E-state index >= 15 is 0 Å². The molecule has 0 nitrogen and oxygen atoms in total. The van der Waals surface area contributed by atoms with Crippen molar-refractivity contribution in [3.63, 3.8) is 0 Å². The Morgan fingerprint density at radius 2 is 0.737 bits per heavy atom. The van der Waals surface area contributed by atoms with Crippen molar-refractivity contribution in [3.05, 3.63) is 0 Å². The maximum Gasteiger partial charge on any atom is -0.0445 e. The number of rotatable bonds is 14. The first-order valence-electron chi connectivity index (χ1n) is 9.20. The fraction of sp³-hybridized carbons (Fsp3) is 1.00. The summed E-state index contributed by atoms with van der Waals surface area (Å²) in [5.74, 6) is 1.90. The van der Waals surface area contributed by atoms with Gasteiger partial charge in [-0.25, -0.2) is 0 Å². The second kappa shape index (κ2) is 14.4. The Kier molecular flexibility index (Phi) is 14.4. The quantitative estimate of drug-likeness (QED) is 0.288. The second-order valence-corrected chi connectivity index (χ2v) is 6.79. The van der Waals surface area contributed by atoms with Crippen LogP contribution in [0, 0.1) is 11.8 Å². The fourth-order valence-corrected chi connectivity index (χ4v) is 2.63. The lowest BCUT2D eigenvalue weighted by Gasteiger charge is -2.08. The molecule has 19 heavy (non-hydrogen) atoms. The fourth-order valence-electron chi connectivity index (χ4n) is 2.63. The van der Waals surface area contributed by atoms with Gasteiger partial charge in [-0.3, -0.25) is 0 Å². The molecule has 0 heteroatoms. The predicted molar refractivity (Wildman–Crippen MR) is 89.7 cm³/mol. The standard InChI is InChI=1S/C19H40/c1-5-18(3)16-14-12-10-8-7-9-11-13-15-17-19(4)6-2/h18-19H,5-17H2,1-4H3. The Morgan fingerprint density at radius 1 is 0.474 bits per heavy atom. The average molecular weight is 269 g/mol. The first-order chi connectivity index (χ1) is 9.20. The minimum atomic E-state index is 0.950. The second-order valence-electron chi connectivity index (χ2n) is 6.79. The highest BCUT2D eigenvalue weighted by Gasteiger charge is 1.99. The molecule has 0 aromatic heterocycles. The molecule has 0 bridgehead atoms. The molecule has 0 spiro atoms. The van der Waals surface area contributed by atoms with Crippen molar-refractivity contribution >= 4 is 0 Å². The van der Waals surface area contributed by atoms with Gasteiger partial charge in [0.25, 0.3) is 0 Å². The van der Waals surface area contributed by atoms with Gasteiger partial charge in [0.2, 0.25) is 0 Å². The molecule has 0 aromatic rings. The van der Waals surface area contributed by atoms with Crippen LogP contribution in [0.5, 0.6) is 0 Å². The monoisotopic (exact) mass is 268 g/mol. The minimum absolute atomic E-state index is 0.950. The van der Waals surface area contributed by atoms with Gasteiger partial charge >= 0.3 is 0 Å². The van der Waals surface area contributed by atoms with Crippen LogP contribution in [0.4, 0.5) is 0 Å². The summed E-state index contributed by atoms with van der Waals surface area (Å²) in [6.45, 7) is 9.40. The van der Waals surface area contributed by atoms with E-state index in [4.69, 9.17) is 0 Å². The summed E-state index contributed by atoms with van der Waals surface area (Å²) in [6, 6.07) is 0. The average Bonchev–Trinajstić information content (AvgIpc) is 2.43. The molecule has 0 saturated carbocycles. The highest BCUT2D eigenvalue weighted by Crippen LogP contribution is 2.16. The Bertz CT molecular complexity index is 143. The molecule has 0 N–H and O–H groups in total. The molecular weight excluding hydrogens is 228 g/mol. The lowest BCUT2D eigenvalue weighted by molar-refractivity contribution is 0.460. The van der Waals surface area contributed by atoms with Crippen molar-refractivity contribution in [2.24, 2.45) is 11.8 Å². The van der Waals surface area contributed by atoms with Gasteiger partial charge in [0, 0.05) is 0 Å². The summed E-state index contributed by atoms with van der Waals surface area (Å²) >= 11 is 0. The summed E-state index contributed by atoms with van der Waals surface area (Å²) in [5.41, 5.74) is 0. The van der Waals surface area contributed by atoms with Crippen molar-refractivity contribution in [2.45, 2.75) is 111 Å². The summed E-state index contributed by atoms with van der Waals surface area (Å²) in [6.07, 6.45) is 18.9. The molecule has 2 unspecified atom stereocenters. The minimum Gasteiger partial charge on any atom is -0.0651 e. The van der Waals surface area contributed by atoms with Gasteiger partial charge in [-0.05, 0) is 11.8 Å². The lowest BCUT2D eigenvalue weighted by Crippen LogP contribution is -1.92. The topological polar surface area (TPSA) is 0 Å². The predicted octanol–water partition coefficient (Wildman–Crippen LogP) is 7.37. The smallest absolute Gasteiger partial charge is 0.0445 e. The van der Waals surface area contributed by atoms with Crippen molar-refractivity contribution in [3.8, 4) is 0 Å². The van der Waals surface area contributed by atoms with Gasteiger partial charge in [0.1, 0.15) is 0 Å². The third-order valence-electron chi connectivity index (χ3n) is 4.79. The van der Waals surface area contributed by atoms with Crippen molar-refractivity contribution < 1.29 is 0 Å². The molecule has 0 radical (unpaired) electrons. The van der Waals surface area contributed by atoms with E-state index in [0.29, 0.717) is 0 Å². The number of hydrogen-bond acceptors (Lipinski definition) is 0. The maximum atomic E-state index is 2.39. The van der Waals surface area contributed by atoms with Crippen molar-refractivity contribution in [2.75, 3.05) is 0 Å². The van der Waals surface area contributed by atoms with E-state index in [0.717, 1.165) is 11.8 Å². The zero-order chi connectivity index (χ0) is 14.3. The van der Waals surface area contributed by atoms with Gasteiger partial charge in [-0.2, -0.15) is 0 Å². The molecule has 0 aromatic carbocycles. The Labute approximate surface area is 123 Å². The summed E-state index contributed by atoms with van der Waals surface area (Å²) in [4.78, 5) is 0. The number of unbranched alkanes of at least 4 members (excludes halogenated alkanes) is 8. The Morgan fingerprint density at radius 3 is 1.00 bits per heavy atom. The van der Waals surface area contributed by atoms with Gasteiger partial charge in [0.15, 0.2) is 0 Å². The highest BCUT2D eigenvalue weighted by molar-refractivity contribution is 4.53. The molecule has 0 aliphatic rings. The molecule has 0 aliphatic carbocycles. The van der Waals surface area contributed by atoms with E-state index < -0.39 is 0 Å². The first kappa shape index (κ1) is 19.0. The van der Waals surface area contributed by atoms with Gasteiger partial charge in [0.05, 0.1) is 0 Å². The van der Waals surface area contributed by atoms with Crippen LogP contribution in [0.3, 0.4) is 0 Å². The summed E-state index contributed by atoms with van der Waals surface area (Å²) in [5, 5.41) is 0. The van der Waals surface area contributed by atoms with Gasteiger partial charge in [-0.15, -0.1) is 0 Å². The zero-order valence-corrected chi connectivity index (χ0v) is 14.3. The van der Waals surface area contributed by atoms with Gasteiger partial charge in [-0.1, -0.05) is 111 Å². The van der Waals surface area contributed by atoms with Crippen molar-refractivity contribution in [1.82, 2.24) is 0 Å². The van der Waals surface area contributed by atoms with Crippen LogP contribution in [-0.2, 0) is 0 Å². The van der Waals surface area contributed by atoms with Crippen LogP contribution in [0.1, 0.15) is 111 Å². The van der Waals surface area contributed by atoms with Gasteiger partial charge < -0.3 is 0 Å². The van der Waals surface area contributed by atoms with E-state index in [1.807, 2.05) is 0 Å². The Balaban J connectivity index is 3.03. The molecule has 0 fully saturated rings. The molecule has 0 saturated heterocycles. The summed E-state index contributed by atoms with van der Waals surface area (Å²) < 4.78 is 0. The highest BCUT2D eigenvalue weighted by atomic mass is 14.1. The lowest BCUT2D eigenvalue weighted by atomic mass is 9.98. The van der Waals surface area contributed by atoms with E-state index in [1.54, 1.807) is 0 Å². The maximum absolute atomic E-state index is 2.39. The van der Waals surface area contributed by atoms with Crippen LogP contribution in [-0.4, -0.2) is 0 Å². The molecular formula is C19H40. The van der Waals surface area contributed by atoms with Crippen LogP contribution < -0.4 is 0 Å².